The first-order valence-corrected chi connectivity index (χ1v) is 5.99. The molecule has 1 aromatic carbocycles. The lowest BCUT2D eigenvalue weighted by atomic mass is 10.1. The van der Waals surface area contributed by atoms with Crippen LogP contribution in [-0.2, 0) is 6.54 Å². The molecule has 0 fully saturated rings. The van der Waals surface area contributed by atoms with Crippen molar-refractivity contribution >= 4 is 0 Å². The Kier molecular flexibility index (Phi) is 5.41. The SMILES string of the molecule is CCC[C@H](C)CNCc1ccccc1C. The van der Waals surface area contributed by atoms with Crippen molar-refractivity contribution in [3.8, 4) is 0 Å². The third-order valence-corrected chi connectivity index (χ3v) is 2.85. The molecule has 1 heteroatoms. The van der Waals surface area contributed by atoms with E-state index in [2.05, 4.69) is 50.4 Å². The molecule has 0 aliphatic rings. The molecule has 0 heterocycles. The number of rotatable bonds is 6. The highest BCUT2D eigenvalue weighted by Gasteiger charge is 2.00. The Hall–Kier alpha value is -0.820. The van der Waals surface area contributed by atoms with E-state index in [1.165, 1.54) is 24.0 Å². The first kappa shape index (κ1) is 12.3. The largest absolute Gasteiger partial charge is 0.312 e. The first-order valence-electron chi connectivity index (χ1n) is 5.99. The second-order valence-corrected chi connectivity index (χ2v) is 4.45. The molecule has 0 amide bonds. The Morgan fingerprint density at radius 2 is 2.00 bits per heavy atom. The number of nitrogens with one attached hydrogen (secondary N) is 1. The van der Waals surface area contributed by atoms with E-state index in [0.29, 0.717) is 0 Å². The van der Waals surface area contributed by atoms with E-state index in [1.807, 2.05) is 0 Å². The molecule has 0 saturated carbocycles. The van der Waals surface area contributed by atoms with E-state index < -0.39 is 0 Å². The lowest BCUT2D eigenvalue weighted by Crippen LogP contribution is -2.21. The maximum Gasteiger partial charge on any atom is 0.0208 e. The summed E-state index contributed by atoms with van der Waals surface area (Å²) < 4.78 is 0. The van der Waals surface area contributed by atoms with Crippen molar-refractivity contribution in [2.75, 3.05) is 6.54 Å². The minimum absolute atomic E-state index is 0.791. The molecule has 1 N–H and O–H groups in total. The van der Waals surface area contributed by atoms with E-state index in [1.54, 1.807) is 0 Å². The van der Waals surface area contributed by atoms with Crippen LogP contribution in [0.4, 0.5) is 0 Å². The van der Waals surface area contributed by atoms with Crippen LogP contribution >= 0.6 is 0 Å². The van der Waals surface area contributed by atoms with Crippen LogP contribution in [-0.4, -0.2) is 6.54 Å². The van der Waals surface area contributed by atoms with Gasteiger partial charge in [0.05, 0.1) is 0 Å². The fraction of sp³-hybridized carbons (Fsp3) is 0.571. The van der Waals surface area contributed by atoms with Crippen molar-refractivity contribution in [1.29, 1.82) is 0 Å². The zero-order valence-corrected chi connectivity index (χ0v) is 10.2. The van der Waals surface area contributed by atoms with Gasteiger partial charge >= 0.3 is 0 Å². The average molecular weight is 205 g/mol. The predicted molar refractivity (Wildman–Crippen MR) is 67.0 cm³/mol. The van der Waals surface area contributed by atoms with Crippen LogP contribution in [0, 0.1) is 12.8 Å². The molecular weight excluding hydrogens is 182 g/mol. The molecule has 0 unspecified atom stereocenters. The van der Waals surface area contributed by atoms with Crippen molar-refractivity contribution in [3.05, 3.63) is 35.4 Å². The van der Waals surface area contributed by atoms with Crippen molar-refractivity contribution in [3.63, 3.8) is 0 Å². The Bertz CT molecular complexity index is 280. The second kappa shape index (κ2) is 6.62. The molecule has 0 radical (unpaired) electrons. The van der Waals surface area contributed by atoms with E-state index in [-0.39, 0.29) is 0 Å². The highest BCUT2D eigenvalue weighted by molar-refractivity contribution is 5.25. The van der Waals surface area contributed by atoms with Crippen LogP contribution in [0.15, 0.2) is 24.3 Å². The van der Waals surface area contributed by atoms with Crippen molar-refractivity contribution in [2.24, 2.45) is 5.92 Å². The highest BCUT2D eigenvalue weighted by Crippen LogP contribution is 2.07. The smallest absolute Gasteiger partial charge is 0.0208 e. The van der Waals surface area contributed by atoms with Crippen LogP contribution in [0.5, 0.6) is 0 Å². The summed E-state index contributed by atoms with van der Waals surface area (Å²) in [5, 5.41) is 3.53. The Morgan fingerprint density at radius 1 is 1.27 bits per heavy atom. The normalized spacial score (nSPS) is 12.7. The van der Waals surface area contributed by atoms with Crippen LogP contribution in [0.1, 0.15) is 37.8 Å². The summed E-state index contributed by atoms with van der Waals surface area (Å²) in [7, 11) is 0. The van der Waals surface area contributed by atoms with Crippen molar-refractivity contribution in [1.82, 2.24) is 5.32 Å². The topological polar surface area (TPSA) is 12.0 Å². The number of aryl methyl sites for hydroxylation is 1. The molecule has 1 aromatic rings. The molecular formula is C14H23N. The van der Waals surface area contributed by atoms with Gasteiger partial charge in [0.15, 0.2) is 0 Å². The van der Waals surface area contributed by atoms with Gasteiger partial charge in [-0.2, -0.15) is 0 Å². The lowest BCUT2D eigenvalue weighted by Gasteiger charge is -2.12. The third-order valence-electron chi connectivity index (χ3n) is 2.85. The maximum absolute atomic E-state index is 3.53. The molecule has 0 saturated heterocycles. The summed E-state index contributed by atoms with van der Waals surface area (Å²) in [4.78, 5) is 0. The monoisotopic (exact) mass is 205 g/mol. The van der Waals surface area contributed by atoms with Gasteiger partial charge in [0.25, 0.3) is 0 Å². The lowest BCUT2D eigenvalue weighted by molar-refractivity contribution is 0.475. The summed E-state index contributed by atoms with van der Waals surface area (Å²) in [6, 6.07) is 8.58. The molecule has 0 spiro atoms. The summed E-state index contributed by atoms with van der Waals surface area (Å²) in [6.07, 6.45) is 2.61. The minimum atomic E-state index is 0.791. The molecule has 0 bridgehead atoms. The minimum Gasteiger partial charge on any atom is -0.312 e. The van der Waals surface area contributed by atoms with Gasteiger partial charge in [-0.1, -0.05) is 44.5 Å². The molecule has 1 nitrogen and oxygen atoms in total. The Morgan fingerprint density at radius 3 is 2.67 bits per heavy atom. The quantitative estimate of drug-likeness (QED) is 0.749. The number of hydrogen-bond donors (Lipinski definition) is 1. The zero-order valence-electron chi connectivity index (χ0n) is 10.2. The molecule has 1 rings (SSSR count). The Labute approximate surface area is 93.9 Å². The van der Waals surface area contributed by atoms with Gasteiger partial charge in [0, 0.05) is 6.54 Å². The molecule has 84 valence electrons. The van der Waals surface area contributed by atoms with Crippen molar-refractivity contribution < 1.29 is 0 Å². The summed E-state index contributed by atoms with van der Waals surface area (Å²) in [6.45, 7) is 8.86. The van der Waals surface area contributed by atoms with Gasteiger partial charge in [0.1, 0.15) is 0 Å². The van der Waals surface area contributed by atoms with Gasteiger partial charge in [-0.05, 0) is 36.9 Å². The van der Waals surface area contributed by atoms with Gasteiger partial charge < -0.3 is 5.32 Å². The van der Waals surface area contributed by atoms with Crippen LogP contribution in [0.25, 0.3) is 0 Å². The van der Waals surface area contributed by atoms with Crippen LogP contribution < -0.4 is 5.32 Å². The highest BCUT2D eigenvalue weighted by atomic mass is 14.9. The van der Waals surface area contributed by atoms with Gasteiger partial charge in [-0.25, -0.2) is 0 Å². The zero-order chi connectivity index (χ0) is 11.1. The van der Waals surface area contributed by atoms with E-state index in [4.69, 9.17) is 0 Å². The fourth-order valence-corrected chi connectivity index (χ4v) is 1.86. The summed E-state index contributed by atoms with van der Waals surface area (Å²) in [5.41, 5.74) is 2.80. The standard InChI is InChI=1S/C14H23N/c1-4-7-12(2)10-15-11-14-9-6-5-8-13(14)3/h5-6,8-9,12,15H,4,7,10-11H2,1-3H3/t12-/m0/s1. The molecule has 0 aliphatic carbocycles. The summed E-state index contributed by atoms with van der Waals surface area (Å²) in [5.74, 6) is 0.791. The summed E-state index contributed by atoms with van der Waals surface area (Å²) >= 11 is 0. The number of hydrogen-bond acceptors (Lipinski definition) is 1. The van der Waals surface area contributed by atoms with Crippen LogP contribution in [0.3, 0.4) is 0 Å². The van der Waals surface area contributed by atoms with Crippen LogP contribution in [0.2, 0.25) is 0 Å². The molecule has 0 aliphatic heterocycles. The van der Waals surface area contributed by atoms with Gasteiger partial charge in [0.2, 0.25) is 0 Å². The average Bonchev–Trinajstić information content (AvgIpc) is 2.21. The maximum atomic E-state index is 3.53. The molecule has 1 atom stereocenters. The van der Waals surface area contributed by atoms with Gasteiger partial charge in [-0.3, -0.25) is 0 Å². The number of benzene rings is 1. The van der Waals surface area contributed by atoms with E-state index >= 15 is 0 Å². The predicted octanol–water partition coefficient (Wildman–Crippen LogP) is 3.52. The molecule has 0 aromatic heterocycles. The van der Waals surface area contributed by atoms with E-state index in [9.17, 15) is 0 Å². The van der Waals surface area contributed by atoms with Gasteiger partial charge in [-0.15, -0.1) is 0 Å². The third kappa shape index (κ3) is 4.48. The first-order chi connectivity index (χ1) is 7.24. The van der Waals surface area contributed by atoms with Crippen molar-refractivity contribution in [2.45, 2.75) is 40.2 Å². The Balaban J connectivity index is 2.29. The fourth-order valence-electron chi connectivity index (χ4n) is 1.86. The van der Waals surface area contributed by atoms with E-state index in [0.717, 1.165) is 19.0 Å². The second-order valence-electron chi connectivity index (χ2n) is 4.45. The molecule has 15 heavy (non-hydrogen) atoms.